The number of hydrogen-bond acceptors (Lipinski definition) is 3. The predicted molar refractivity (Wildman–Crippen MR) is 185 cm³/mol. The van der Waals surface area contributed by atoms with Gasteiger partial charge in [-0.2, -0.15) is 13.2 Å². The topological polar surface area (TPSA) is 53.5 Å². The Bertz CT molecular complexity index is 1930. The maximum absolute atomic E-state index is 14.5. The molecule has 49 heavy (non-hydrogen) atoms. The highest BCUT2D eigenvalue weighted by molar-refractivity contribution is 6.30. The van der Waals surface area contributed by atoms with Crippen LogP contribution in [0.25, 0.3) is 17.3 Å². The molecule has 248 valence electrons. The van der Waals surface area contributed by atoms with Crippen molar-refractivity contribution in [1.29, 1.82) is 0 Å². The van der Waals surface area contributed by atoms with Crippen LogP contribution < -0.4 is 0 Å². The van der Waals surface area contributed by atoms with E-state index in [9.17, 15) is 22.8 Å². The van der Waals surface area contributed by atoms with Crippen LogP contribution in [0.1, 0.15) is 33.4 Å². The van der Waals surface area contributed by atoms with Gasteiger partial charge in [-0.05, 0) is 76.7 Å². The molecule has 0 aliphatic carbocycles. The second kappa shape index (κ2) is 14.9. The third kappa shape index (κ3) is 8.45. The maximum atomic E-state index is 14.5. The number of carbonyl (C=O) groups excluding carboxylic acids is 2. The van der Waals surface area contributed by atoms with Gasteiger partial charge < -0.3 is 9.80 Å². The van der Waals surface area contributed by atoms with Gasteiger partial charge in [0.2, 0.25) is 11.8 Å². The molecule has 0 spiro atoms. The van der Waals surface area contributed by atoms with Gasteiger partial charge in [-0.3, -0.25) is 14.6 Å². The van der Waals surface area contributed by atoms with Crippen LogP contribution in [-0.2, 0) is 41.7 Å². The van der Waals surface area contributed by atoms with Crippen molar-refractivity contribution in [2.24, 2.45) is 0 Å². The van der Waals surface area contributed by atoms with Gasteiger partial charge in [0, 0.05) is 48.9 Å². The van der Waals surface area contributed by atoms with Crippen molar-refractivity contribution in [1.82, 2.24) is 14.8 Å². The first-order valence-corrected chi connectivity index (χ1v) is 16.3. The molecule has 0 radical (unpaired) electrons. The standard InChI is InChI=1S/C40H33ClF3N3O2/c41-35-19-16-31-21-23-46(27-33(31)25-35)39(49)37(24-29-6-2-1-3-7-29)47(26-30-9-14-32(15-10-30)36-8-4-5-22-45-36)38(48)20-13-28-11-17-34(18-12-28)40(42,43)44/h1-20,22,25,37H,21,23-24,26-27H2/t37-/m0/s1. The summed E-state index contributed by atoms with van der Waals surface area (Å²) >= 11 is 6.30. The summed E-state index contributed by atoms with van der Waals surface area (Å²) in [6.07, 6.45) is 0.980. The Morgan fingerprint density at radius 3 is 2.29 bits per heavy atom. The van der Waals surface area contributed by atoms with E-state index in [1.807, 2.05) is 91.0 Å². The zero-order valence-corrected chi connectivity index (χ0v) is 27.2. The normalized spacial score (nSPS) is 13.6. The van der Waals surface area contributed by atoms with Crippen LogP contribution in [0.3, 0.4) is 0 Å². The largest absolute Gasteiger partial charge is 0.416 e. The Morgan fingerprint density at radius 1 is 0.857 bits per heavy atom. The maximum Gasteiger partial charge on any atom is 0.416 e. The molecule has 9 heteroatoms. The molecule has 1 aliphatic rings. The van der Waals surface area contributed by atoms with E-state index >= 15 is 0 Å². The van der Waals surface area contributed by atoms with Crippen molar-refractivity contribution >= 4 is 29.5 Å². The molecule has 0 fully saturated rings. The first-order chi connectivity index (χ1) is 23.6. The second-order valence-electron chi connectivity index (χ2n) is 12.0. The highest BCUT2D eigenvalue weighted by Crippen LogP contribution is 2.30. The lowest BCUT2D eigenvalue weighted by Crippen LogP contribution is -2.52. The van der Waals surface area contributed by atoms with Crippen molar-refractivity contribution < 1.29 is 22.8 Å². The van der Waals surface area contributed by atoms with Gasteiger partial charge >= 0.3 is 6.18 Å². The van der Waals surface area contributed by atoms with Crippen molar-refractivity contribution in [2.45, 2.75) is 38.1 Å². The first-order valence-electron chi connectivity index (χ1n) is 15.9. The Hall–Kier alpha value is -5.21. The molecule has 0 N–H and O–H groups in total. The van der Waals surface area contributed by atoms with Gasteiger partial charge in [-0.1, -0.05) is 90.5 Å². The summed E-state index contributed by atoms with van der Waals surface area (Å²) in [7, 11) is 0. The second-order valence-corrected chi connectivity index (χ2v) is 12.4. The quantitative estimate of drug-likeness (QED) is 0.147. The molecule has 5 aromatic rings. The van der Waals surface area contributed by atoms with Crippen molar-refractivity contribution in [2.75, 3.05) is 6.54 Å². The minimum atomic E-state index is -4.47. The molecule has 4 aromatic carbocycles. The Morgan fingerprint density at radius 2 is 1.59 bits per heavy atom. The van der Waals surface area contributed by atoms with Crippen LogP contribution in [0, 0.1) is 0 Å². The fourth-order valence-electron chi connectivity index (χ4n) is 5.99. The van der Waals surface area contributed by atoms with Crippen molar-refractivity contribution in [3.05, 3.63) is 166 Å². The minimum absolute atomic E-state index is 0.123. The molecule has 0 saturated heterocycles. The van der Waals surface area contributed by atoms with Crippen LogP contribution in [0.15, 0.2) is 128 Å². The van der Waals surface area contributed by atoms with E-state index < -0.39 is 23.7 Å². The van der Waals surface area contributed by atoms with Crippen LogP contribution >= 0.6 is 11.6 Å². The lowest BCUT2D eigenvalue weighted by Gasteiger charge is -2.37. The van der Waals surface area contributed by atoms with Gasteiger partial charge in [0.25, 0.3) is 0 Å². The minimum Gasteiger partial charge on any atom is -0.336 e. The monoisotopic (exact) mass is 679 g/mol. The highest BCUT2D eigenvalue weighted by Gasteiger charge is 2.34. The van der Waals surface area contributed by atoms with Gasteiger partial charge in [0.15, 0.2) is 0 Å². The molecule has 0 bridgehead atoms. The molecule has 2 heterocycles. The molecule has 0 saturated carbocycles. The molecule has 5 nitrogen and oxygen atoms in total. The summed E-state index contributed by atoms with van der Waals surface area (Å²) in [4.78, 5) is 36.4. The van der Waals surface area contributed by atoms with Crippen LogP contribution in [0.4, 0.5) is 13.2 Å². The van der Waals surface area contributed by atoms with Crippen LogP contribution in [0.5, 0.6) is 0 Å². The smallest absolute Gasteiger partial charge is 0.336 e. The zero-order chi connectivity index (χ0) is 34.4. The number of amides is 2. The Balaban J connectivity index is 1.34. The molecule has 6 rings (SSSR count). The Kier molecular flexibility index (Phi) is 10.3. The summed E-state index contributed by atoms with van der Waals surface area (Å²) < 4.78 is 39.4. The molecular formula is C40H33ClF3N3O2. The number of aromatic nitrogens is 1. The number of rotatable bonds is 9. The number of halogens is 4. The van der Waals surface area contributed by atoms with E-state index in [0.717, 1.165) is 45.6 Å². The van der Waals surface area contributed by atoms with Crippen molar-refractivity contribution in [3.8, 4) is 11.3 Å². The van der Waals surface area contributed by atoms with Crippen molar-refractivity contribution in [3.63, 3.8) is 0 Å². The number of alkyl halides is 3. The zero-order valence-electron chi connectivity index (χ0n) is 26.5. The number of nitrogens with zero attached hydrogens (tertiary/aromatic N) is 3. The lowest BCUT2D eigenvalue weighted by atomic mass is 9.97. The summed E-state index contributed by atoms with van der Waals surface area (Å²) in [5.74, 6) is -0.640. The Labute approximate surface area is 288 Å². The van der Waals surface area contributed by atoms with E-state index in [0.29, 0.717) is 30.1 Å². The molecule has 2 amide bonds. The predicted octanol–water partition coefficient (Wildman–Crippen LogP) is 8.66. The van der Waals surface area contributed by atoms with E-state index in [4.69, 9.17) is 11.6 Å². The van der Waals surface area contributed by atoms with Gasteiger partial charge in [0.05, 0.1) is 11.3 Å². The van der Waals surface area contributed by atoms with Crippen LogP contribution in [-0.4, -0.2) is 39.2 Å². The fourth-order valence-corrected chi connectivity index (χ4v) is 6.19. The number of hydrogen-bond donors (Lipinski definition) is 0. The van der Waals surface area contributed by atoms with E-state index in [2.05, 4.69) is 4.98 Å². The molecular weight excluding hydrogens is 647 g/mol. The third-order valence-electron chi connectivity index (χ3n) is 8.63. The molecule has 1 aliphatic heterocycles. The van der Waals surface area contributed by atoms with E-state index in [-0.39, 0.29) is 18.9 Å². The van der Waals surface area contributed by atoms with E-state index in [1.165, 1.54) is 24.3 Å². The van der Waals surface area contributed by atoms with E-state index in [1.54, 1.807) is 16.0 Å². The highest BCUT2D eigenvalue weighted by atomic mass is 35.5. The van der Waals surface area contributed by atoms with Gasteiger partial charge in [0.1, 0.15) is 6.04 Å². The number of fused-ring (bicyclic) bond motifs is 1. The number of carbonyl (C=O) groups is 2. The average Bonchev–Trinajstić information content (AvgIpc) is 3.12. The first kappa shape index (κ1) is 33.7. The number of pyridine rings is 1. The average molecular weight is 680 g/mol. The summed E-state index contributed by atoms with van der Waals surface area (Å²) in [5.41, 5.74) is 5.16. The SMILES string of the molecule is O=C([C@H](Cc1ccccc1)N(Cc1ccc(-c2ccccn2)cc1)C(=O)C=Cc1ccc(C(F)(F)F)cc1)N1CCc2ccc(Cl)cc2C1. The summed E-state index contributed by atoms with van der Waals surface area (Å²) in [5, 5.41) is 0.591. The van der Waals surface area contributed by atoms with Gasteiger partial charge in [-0.25, -0.2) is 0 Å². The summed E-state index contributed by atoms with van der Waals surface area (Å²) in [6.45, 7) is 0.974. The molecule has 1 atom stereocenters. The van der Waals surface area contributed by atoms with Gasteiger partial charge in [-0.15, -0.1) is 0 Å². The fraction of sp³-hybridized carbons (Fsp3) is 0.175. The third-order valence-corrected chi connectivity index (χ3v) is 8.87. The van der Waals surface area contributed by atoms with Crippen LogP contribution in [0.2, 0.25) is 5.02 Å². The molecule has 1 aromatic heterocycles. The molecule has 0 unspecified atom stereocenters. The number of benzene rings is 4. The summed E-state index contributed by atoms with van der Waals surface area (Å²) in [6, 6.07) is 32.3. The lowest BCUT2D eigenvalue weighted by molar-refractivity contribution is -0.144.